The lowest BCUT2D eigenvalue weighted by molar-refractivity contribution is 0.0222. The van der Waals surface area contributed by atoms with Gasteiger partial charge in [0.1, 0.15) is 11.4 Å². The van der Waals surface area contributed by atoms with Crippen LogP contribution in [0.15, 0.2) is 18.2 Å². The molecule has 0 amide bonds. The van der Waals surface area contributed by atoms with Crippen LogP contribution in [0.1, 0.15) is 38.7 Å². The summed E-state index contributed by atoms with van der Waals surface area (Å²) >= 11 is 6.02. The predicted octanol–water partition coefficient (Wildman–Crippen LogP) is 4.00. The van der Waals surface area contributed by atoms with Crippen molar-refractivity contribution in [3.05, 3.63) is 28.8 Å². The summed E-state index contributed by atoms with van der Waals surface area (Å²) in [6, 6.07) is 5.96. The van der Waals surface area contributed by atoms with Crippen molar-refractivity contribution in [3.8, 4) is 5.75 Å². The lowest BCUT2D eigenvalue weighted by Crippen LogP contribution is -2.41. The molecule has 2 atom stereocenters. The van der Waals surface area contributed by atoms with Crippen molar-refractivity contribution in [1.82, 2.24) is 0 Å². The number of fused-ring (bicyclic) bond motifs is 3. The van der Waals surface area contributed by atoms with E-state index >= 15 is 0 Å². The van der Waals surface area contributed by atoms with Gasteiger partial charge in [-0.2, -0.15) is 0 Å². The van der Waals surface area contributed by atoms with Crippen LogP contribution in [-0.4, -0.2) is 5.60 Å². The van der Waals surface area contributed by atoms with Crippen LogP contribution < -0.4 is 4.74 Å². The van der Waals surface area contributed by atoms with E-state index < -0.39 is 0 Å². The average Bonchev–Trinajstić information content (AvgIpc) is 2.82. The Hall–Kier alpha value is -0.690. The van der Waals surface area contributed by atoms with Gasteiger partial charge < -0.3 is 4.74 Å². The summed E-state index contributed by atoms with van der Waals surface area (Å²) in [5.41, 5.74) is 1.53. The normalized spacial score (nSPS) is 35.1. The summed E-state index contributed by atoms with van der Waals surface area (Å²) in [6.07, 6.45) is 1.22. The Morgan fingerprint density at radius 1 is 1.33 bits per heavy atom. The van der Waals surface area contributed by atoms with Crippen LogP contribution in [0.2, 0.25) is 5.02 Å². The highest BCUT2D eigenvalue weighted by molar-refractivity contribution is 6.30. The van der Waals surface area contributed by atoms with Crippen LogP contribution in [0.25, 0.3) is 0 Å². The molecule has 0 spiro atoms. The highest BCUT2D eigenvalue weighted by Crippen LogP contribution is 2.69. The summed E-state index contributed by atoms with van der Waals surface area (Å²) < 4.78 is 6.07. The molecule has 0 radical (unpaired) electrons. The Bertz CT molecular complexity index is 438. The van der Waals surface area contributed by atoms with Crippen LogP contribution in [-0.2, 0) is 0 Å². The fourth-order valence-corrected chi connectivity index (χ4v) is 2.94. The fraction of sp³-hybridized carbons (Fsp3) is 0.538. The van der Waals surface area contributed by atoms with Gasteiger partial charge in [0.25, 0.3) is 0 Å². The highest BCUT2D eigenvalue weighted by Gasteiger charge is 2.64. The van der Waals surface area contributed by atoms with Gasteiger partial charge in [-0.3, -0.25) is 0 Å². The summed E-state index contributed by atoms with van der Waals surface area (Å²) in [5, 5.41) is 0.811. The van der Waals surface area contributed by atoms with Crippen LogP contribution in [0.3, 0.4) is 0 Å². The molecular weight excluding hydrogens is 208 g/mol. The van der Waals surface area contributed by atoms with Crippen molar-refractivity contribution >= 4 is 11.6 Å². The molecule has 2 heteroatoms. The average molecular weight is 223 g/mol. The quantitative estimate of drug-likeness (QED) is 0.645. The van der Waals surface area contributed by atoms with Crippen molar-refractivity contribution in [2.75, 3.05) is 0 Å². The molecule has 1 saturated carbocycles. The maximum atomic E-state index is 6.07. The Kier molecular flexibility index (Phi) is 1.60. The molecule has 1 heterocycles. The zero-order chi connectivity index (χ0) is 10.8. The maximum absolute atomic E-state index is 6.07. The molecule has 1 unspecified atom stereocenters. The molecule has 0 aromatic heterocycles. The first-order valence-electron chi connectivity index (χ1n) is 5.42. The van der Waals surface area contributed by atoms with E-state index in [-0.39, 0.29) is 5.60 Å². The molecule has 1 nitrogen and oxygen atoms in total. The van der Waals surface area contributed by atoms with E-state index in [2.05, 4.69) is 26.8 Å². The summed E-state index contributed by atoms with van der Waals surface area (Å²) in [6.45, 7) is 6.68. The third-order valence-corrected chi connectivity index (χ3v) is 4.56. The molecule has 1 aromatic carbocycles. The minimum Gasteiger partial charge on any atom is -0.487 e. The van der Waals surface area contributed by atoms with E-state index in [1.54, 1.807) is 0 Å². The van der Waals surface area contributed by atoms with Gasteiger partial charge in [-0.15, -0.1) is 0 Å². The molecule has 2 aliphatic rings. The number of halogens is 1. The van der Waals surface area contributed by atoms with E-state index in [4.69, 9.17) is 16.3 Å². The number of rotatable bonds is 0. The first-order chi connectivity index (χ1) is 6.94. The van der Waals surface area contributed by atoms with E-state index in [1.165, 1.54) is 12.0 Å². The number of benzene rings is 1. The maximum Gasteiger partial charge on any atom is 0.123 e. The van der Waals surface area contributed by atoms with E-state index in [1.807, 2.05) is 12.1 Å². The number of hydrogen-bond acceptors (Lipinski definition) is 1. The molecule has 15 heavy (non-hydrogen) atoms. The minimum atomic E-state index is -0.0570. The van der Waals surface area contributed by atoms with E-state index in [9.17, 15) is 0 Å². The fourth-order valence-electron chi connectivity index (χ4n) is 2.76. The number of ether oxygens (including phenoxy) is 1. The van der Waals surface area contributed by atoms with Gasteiger partial charge in [0, 0.05) is 10.4 Å². The monoisotopic (exact) mass is 222 g/mol. The summed E-state index contributed by atoms with van der Waals surface area (Å²) in [5.74, 6) is 1.65. The van der Waals surface area contributed by atoms with Gasteiger partial charge in [-0.25, -0.2) is 0 Å². The zero-order valence-electron chi connectivity index (χ0n) is 9.30. The molecular formula is C13H15ClO. The Morgan fingerprint density at radius 3 is 2.80 bits per heavy atom. The standard InChI is InChI=1S/C13H15ClO/c1-12(2)13(3)7-10(13)9-6-8(14)4-5-11(9)15-12/h4-6,10H,7H2,1-3H3/t10?,13-/m0/s1. The molecule has 3 rings (SSSR count). The molecule has 1 aliphatic carbocycles. The Balaban J connectivity index is 2.14. The highest BCUT2D eigenvalue weighted by atomic mass is 35.5. The Labute approximate surface area is 95.4 Å². The van der Waals surface area contributed by atoms with Gasteiger partial charge in [0.2, 0.25) is 0 Å². The molecule has 1 aliphatic heterocycles. The van der Waals surface area contributed by atoms with E-state index in [0.717, 1.165) is 10.8 Å². The summed E-state index contributed by atoms with van der Waals surface area (Å²) in [7, 11) is 0. The van der Waals surface area contributed by atoms with Crippen molar-refractivity contribution in [3.63, 3.8) is 0 Å². The van der Waals surface area contributed by atoms with Gasteiger partial charge in [0.05, 0.1) is 0 Å². The lowest BCUT2D eigenvalue weighted by Gasteiger charge is -2.38. The van der Waals surface area contributed by atoms with Crippen LogP contribution in [0, 0.1) is 5.41 Å². The second-order valence-electron chi connectivity index (χ2n) is 5.47. The van der Waals surface area contributed by atoms with Crippen LogP contribution in [0.5, 0.6) is 5.75 Å². The topological polar surface area (TPSA) is 9.23 Å². The molecule has 1 fully saturated rings. The molecule has 0 saturated heterocycles. The van der Waals surface area contributed by atoms with Crippen LogP contribution >= 0.6 is 11.6 Å². The SMILES string of the molecule is CC1(C)Oc2ccc(Cl)cc2C2C[C@@]21C. The Morgan fingerprint density at radius 2 is 2.07 bits per heavy atom. The smallest absolute Gasteiger partial charge is 0.123 e. The van der Waals surface area contributed by atoms with Crippen molar-refractivity contribution in [2.24, 2.45) is 5.41 Å². The van der Waals surface area contributed by atoms with Crippen LogP contribution in [0.4, 0.5) is 0 Å². The molecule has 1 aromatic rings. The second kappa shape index (κ2) is 2.52. The molecule has 80 valence electrons. The zero-order valence-corrected chi connectivity index (χ0v) is 10.1. The van der Waals surface area contributed by atoms with Crippen molar-refractivity contribution < 1.29 is 4.74 Å². The largest absolute Gasteiger partial charge is 0.487 e. The second-order valence-corrected chi connectivity index (χ2v) is 5.91. The molecule has 0 N–H and O–H groups in total. The molecule has 0 bridgehead atoms. The van der Waals surface area contributed by atoms with Gasteiger partial charge in [-0.1, -0.05) is 18.5 Å². The summed E-state index contributed by atoms with van der Waals surface area (Å²) in [4.78, 5) is 0. The van der Waals surface area contributed by atoms with Gasteiger partial charge in [-0.05, 0) is 49.9 Å². The third-order valence-electron chi connectivity index (χ3n) is 4.32. The number of hydrogen-bond donors (Lipinski definition) is 0. The van der Waals surface area contributed by atoms with Gasteiger partial charge in [0.15, 0.2) is 0 Å². The van der Waals surface area contributed by atoms with E-state index in [0.29, 0.717) is 11.3 Å². The van der Waals surface area contributed by atoms with Gasteiger partial charge >= 0.3 is 0 Å². The van der Waals surface area contributed by atoms with Crippen molar-refractivity contribution in [1.29, 1.82) is 0 Å². The van der Waals surface area contributed by atoms with Crippen molar-refractivity contribution in [2.45, 2.75) is 38.7 Å². The third kappa shape index (κ3) is 1.10. The lowest BCUT2D eigenvalue weighted by atomic mass is 9.83. The predicted molar refractivity (Wildman–Crippen MR) is 61.6 cm³/mol. The first-order valence-corrected chi connectivity index (χ1v) is 5.80. The first kappa shape index (κ1) is 9.53. The minimum absolute atomic E-state index is 0.0570.